The second-order valence-corrected chi connectivity index (χ2v) is 3.32. The molecule has 0 amide bonds. The van der Waals surface area contributed by atoms with Crippen LogP contribution in [0.5, 0.6) is 0 Å². The highest BCUT2D eigenvalue weighted by Gasteiger charge is 1.97. The van der Waals surface area contributed by atoms with E-state index >= 15 is 0 Å². The first-order valence-corrected chi connectivity index (χ1v) is 4.05. The Morgan fingerprint density at radius 3 is 3.20 bits per heavy atom. The molecule has 0 saturated heterocycles. The van der Waals surface area contributed by atoms with Crippen molar-refractivity contribution < 1.29 is 0 Å². The molecule has 0 saturated carbocycles. The van der Waals surface area contributed by atoms with Gasteiger partial charge in [-0.2, -0.15) is 0 Å². The van der Waals surface area contributed by atoms with E-state index in [-0.39, 0.29) is 0 Å². The summed E-state index contributed by atoms with van der Waals surface area (Å²) in [6, 6.07) is 4.06. The molecule has 2 heteroatoms. The van der Waals surface area contributed by atoms with E-state index in [0.717, 1.165) is 5.52 Å². The van der Waals surface area contributed by atoms with Crippen LogP contribution in [0.15, 0.2) is 23.7 Å². The number of rotatable bonds is 0. The van der Waals surface area contributed by atoms with Gasteiger partial charge in [0.1, 0.15) is 0 Å². The molecule has 0 N–H and O–H groups in total. The van der Waals surface area contributed by atoms with E-state index in [1.54, 1.807) is 11.3 Å². The van der Waals surface area contributed by atoms with E-state index in [0.29, 0.717) is 0 Å². The van der Waals surface area contributed by atoms with Crippen molar-refractivity contribution in [1.82, 2.24) is 4.98 Å². The van der Waals surface area contributed by atoms with Gasteiger partial charge in [0.05, 0.1) is 5.52 Å². The molecule has 50 valence electrons. The summed E-state index contributed by atoms with van der Waals surface area (Å²) in [6.07, 6.45) is 1.84. The van der Waals surface area contributed by atoms with Crippen molar-refractivity contribution in [2.24, 2.45) is 0 Å². The van der Waals surface area contributed by atoms with E-state index < -0.39 is 0 Å². The summed E-state index contributed by atoms with van der Waals surface area (Å²) < 4.78 is 0. The van der Waals surface area contributed by atoms with Crippen LogP contribution in [0.3, 0.4) is 0 Å². The lowest BCUT2D eigenvalue weighted by atomic mass is 10.3. The zero-order chi connectivity index (χ0) is 6.97. The van der Waals surface area contributed by atoms with Gasteiger partial charge in [0.25, 0.3) is 0 Å². The average molecular weight is 149 g/mol. The van der Waals surface area contributed by atoms with Crippen molar-refractivity contribution in [3.8, 4) is 0 Å². The van der Waals surface area contributed by atoms with E-state index in [9.17, 15) is 0 Å². The molecule has 10 heavy (non-hydrogen) atoms. The quantitative estimate of drug-likeness (QED) is 0.561. The molecular formula is C8H7NS. The topological polar surface area (TPSA) is 12.9 Å². The molecule has 0 bridgehead atoms. The highest BCUT2D eigenvalue weighted by molar-refractivity contribution is 7.11. The van der Waals surface area contributed by atoms with Gasteiger partial charge in [0.15, 0.2) is 0 Å². The van der Waals surface area contributed by atoms with Gasteiger partial charge in [-0.05, 0) is 13.0 Å². The van der Waals surface area contributed by atoms with Crippen molar-refractivity contribution >= 4 is 22.2 Å². The fourth-order valence-electron chi connectivity index (χ4n) is 1.01. The summed E-state index contributed by atoms with van der Waals surface area (Å²) in [5, 5.41) is 3.39. The van der Waals surface area contributed by atoms with Gasteiger partial charge < -0.3 is 0 Å². The maximum atomic E-state index is 4.25. The molecule has 0 fully saturated rings. The van der Waals surface area contributed by atoms with Crippen molar-refractivity contribution in [1.29, 1.82) is 0 Å². The number of fused-ring (bicyclic) bond motifs is 1. The molecule has 0 aliphatic heterocycles. The van der Waals surface area contributed by atoms with E-state index in [1.807, 2.05) is 12.3 Å². The van der Waals surface area contributed by atoms with Crippen LogP contribution in [0.2, 0.25) is 0 Å². The van der Waals surface area contributed by atoms with E-state index in [4.69, 9.17) is 0 Å². The van der Waals surface area contributed by atoms with Crippen LogP contribution in [-0.2, 0) is 0 Å². The summed E-state index contributed by atoms with van der Waals surface area (Å²) in [6.45, 7) is 2.10. The minimum absolute atomic E-state index is 1.15. The largest absolute Gasteiger partial charge is 0.255 e. The SMILES string of the molecule is Cc1scc2cccnc12. The van der Waals surface area contributed by atoms with Crippen LogP contribution in [0.4, 0.5) is 0 Å². The third kappa shape index (κ3) is 0.727. The Morgan fingerprint density at radius 1 is 1.50 bits per heavy atom. The molecule has 0 radical (unpaired) electrons. The maximum Gasteiger partial charge on any atom is 0.0838 e. The molecule has 1 nitrogen and oxygen atoms in total. The summed E-state index contributed by atoms with van der Waals surface area (Å²) in [5.41, 5.74) is 1.15. The molecule has 0 atom stereocenters. The first-order chi connectivity index (χ1) is 4.88. The maximum absolute atomic E-state index is 4.25. The number of thiophene rings is 1. The molecule has 2 rings (SSSR count). The van der Waals surface area contributed by atoms with Crippen molar-refractivity contribution in [2.45, 2.75) is 6.92 Å². The second kappa shape index (κ2) is 2.06. The van der Waals surface area contributed by atoms with Crippen molar-refractivity contribution in [3.05, 3.63) is 28.6 Å². The molecule has 0 aliphatic carbocycles. The monoisotopic (exact) mass is 149 g/mol. The molecule has 2 heterocycles. The number of pyridine rings is 1. The van der Waals surface area contributed by atoms with Gasteiger partial charge in [0, 0.05) is 21.8 Å². The molecule has 2 aromatic rings. The van der Waals surface area contributed by atoms with Gasteiger partial charge >= 0.3 is 0 Å². The molecule has 0 spiro atoms. The fourth-order valence-corrected chi connectivity index (χ4v) is 1.79. The zero-order valence-electron chi connectivity index (χ0n) is 5.66. The second-order valence-electron chi connectivity index (χ2n) is 2.23. The molecule has 0 unspecified atom stereocenters. The third-order valence-corrected chi connectivity index (χ3v) is 2.45. The lowest BCUT2D eigenvalue weighted by molar-refractivity contribution is 1.40. The first-order valence-electron chi connectivity index (χ1n) is 3.17. The van der Waals surface area contributed by atoms with Gasteiger partial charge in [-0.3, -0.25) is 4.98 Å². The van der Waals surface area contributed by atoms with E-state index in [1.165, 1.54) is 10.3 Å². The number of aromatic nitrogens is 1. The minimum atomic E-state index is 1.15. The predicted octanol–water partition coefficient (Wildman–Crippen LogP) is 2.60. The van der Waals surface area contributed by atoms with E-state index in [2.05, 4.69) is 23.4 Å². The smallest absolute Gasteiger partial charge is 0.0838 e. The normalized spacial score (nSPS) is 10.5. The number of hydrogen-bond donors (Lipinski definition) is 0. The Labute approximate surface area is 63.3 Å². The van der Waals surface area contributed by atoms with Crippen LogP contribution in [-0.4, -0.2) is 4.98 Å². The lowest BCUT2D eigenvalue weighted by Crippen LogP contribution is -1.71. The third-order valence-electron chi connectivity index (χ3n) is 1.54. The van der Waals surface area contributed by atoms with Gasteiger partial charge in [-0.25, -0.2) is 0 Å². The van der Waals surface area contributed by atoms with Crippen LogP contribution in [0.25, 0.3) is 10.9 Å². The molecular weight excluding hydrogens is 142 g/mol. The highest BCUT2D eigenvalue weighted by Crippen LogP contribution is 2.21. The average Bonchev–Trinajstić information content (AvgIpc) is 2.34. The highest BCUT2D eigenvalue weighted by atomic mass is 32.1. The molecule has 0 aromatic carbocycles. The summed E-state index contributed by atoms with van der Waals surface area (Å²) in [5.74, 6) is 0. The van der Waals surface area contributed by atoms with Gasteiger partial charge in [-0.1, -0.05) is 6.07 Å². The minimum Gasteiger partial charge on any atom is -0.255 e. The predicted molar refractivity (Wildman–Crippen MR) is 44.4 cm³/mol. The van der Waals surface area contributed by atoms with Crippen LogP contribution >= 0.6 is 11.3 Å². The number of hydrogen-bond acceptors (Lipinski definition) is 2. The Hall–Kier alpha value is -0.890. The molecule has 2 aromatic heterocycles. The summed E-state index contributed by atoms with van der Waals surface area (Å²) in [7, 11) is 0. The van der Waals surface area contributed by atoms with Crippen molar-refractivity contribution in [2.75, 3.05) is 0 Å². The summed E-state index contributed by atoms with van der Waals surface area (Å²) >= 11 is 1.76. The van der Waals surface area contributed by atoms with Gasteiger partial charge in [0.2, 0.25) is 0 Å². The Balaban J connectivity index is 2.93. The number of aryl methyl sites for hydroxylation is 1. The first kappa shape index (κ1) is 5.86. The van der Waals surface area contributed by atoms with Crippen LogP contribution in [0.1, 0.15) is 4.88 Å². The number of nitrogens with zero attached hydrogens (tertiary/aromatic N) is 1. The lowest BCUT2D eigenvalue weighted by Gasteiger charge is -1.86. The molecule has 0 aliphatic rings. The Kier molecular flexibility index (Phi) is 1.21. The zero-order valence-corrected chi connectivity index (χ0v) is 6.48. The Bertz CT molecular complexity index is 351. The van der Waals surface area contributed by atoms with Crippen molar-refractivity contribution in [3.63, 3.8) is 0 Å². The van der Waals surface area contributed by atoms with Crippen LogP contribution in [0, 0.1) is 6.92 Å². The summed E-state index contributed by atoms with van der Waals surface area (Å²) in [4.78, 5) is 5.55. The van der Waals surface area contributed by atoms with Gasteiger partial charge in [-0.15, -0.1) is 11.3 Å². The fraction of sp³-hybridized carbons (Fsp3) is 0.125. The standard InChI is InChI=1S/C8H7NS/c1-6-8-7(5-10-6)3-2-4-9-8/h2-5H,1H3. The Morgan fingerprint density at radius 2 is 2.40 bits per heavy atom. The van der Waals surface area contributed by atoms with Crippen LogP contribution < -0.4 is 0 Å².